The minimum atomic E-state index is -1.21. The second-order valence-corrected chi connectivity index (χ2v) is 7.63. The lowest BCUT2D eigenvalue weighted by Crippen LogP contribution is -2.37. The van der Waals surface area contributed by atoms with Crippen LogP contribution in [-0.4, -0.2) is 60.5 Å². The van der Waals surface area contributed by atoms with Gasteiger partial charge in [-0.15, -0.1) is 0 Å². The van der Waals surface area contributed by atoms with E-state index >= 15 is 0 Å². The van der Waals surface area contributed by atoms with Crippen molar-refractivity contribution in [1.82, 2.24) is 14.8 Å². The number of methoxy groups -OCH3 is 1. The monoisotopic (exact) mass is 485 g/mol. The molecule has 1 heterocycles. The number of pyridine rings is 1. The molecule has 0 bridgehead atoms. The summed E-state index contributed by atoms with van der Waals surface area (Å²) >= 11 is 0. The fourth-order valence-corrected chi connectivity index (χ4v) is 3.31. The second-order valence-electron chi connectivity index (χ2n) is 7.63. The molecule has 2 aromatic rings. The number of rotatable bonds is 11. The van der Waals surface area contributed by atoms with Crippen LogP contribution >= 0.6 is 0 Å². The van der Waals surface area contributed by atoms with E-state index in [1.807, 2.05) is 0 Å². The van der Waals surface area contributed by atoms with Crippen LogP contribution in [0.1, 0.15) is 34.6 Å². The van der Waals surface area contributed by atoms with Gasteiger partial charge < -0.3 is 29.4 Å². The molecule has 12 heteroatoms. The van der Waals surface area contributed by atoms with E-state index in [4.69, 9.17) is 9.47 Å². The van der Waals surface area contributed by atoms with Gasteiger partial charge in [0.15, 0.2) is 5.75 Å². The number of aromatic nitrogens is 1. The first-order valence-electron chi connectivity index (χ1n) is 10.1. The molecule has 0 aliphatic rings. The van der Waals surface area contributed by atoms with E-state index in [2.05, 4.69) is 5.32 Å². The number of carbonyl (C=O) groups is 2. The molecule has 1 aromatic heterocycles. The molecule has 2 N–H and O–H groups in total. The number of hydrogen-bond donors (Lipinski definition) is 2. The van der Waals surface area contributed by atoms with Gasteiger partial charge in [-0.25, -0.2) is 13.2 Å². The molecule has 34 heavy (non-hydrogen) atoms. The normalized spacial score (nSPS) is 12.8. The molecule has 2 atom stereocenters. The summed E-state index contributed by atoms with van der Waals surface area (Å²) in [6.45, 7) is 2.46. The van der Waals surface area contributed by atoms with Gasteiger partial charge in [-0.2, -0.15) is 0 Å². The first-order valence-corrected chi connectivity index (χ1v) is 10.1. The first kappa shape index (κ1) is 26.9. The Labute approximate surface area is 193 Å². The number of halogens is 3. The number of likely N-dealkylation sites (N-methyl/N-ethyl adjacent to an activating group) is 1. The number of nitrogens with zero attached hydrogens (tertiary/aromatic N) is 2. The third-order valence-corrected chi connectivity index (χ3v) is 5.24. The van der Waals surface area contributed by atoms with Gasteiger partial charge in [0.2, 0.25) is 11.8 Å². The standard InChI is InChI=1S/C22H26F3N3O6/c1-12-20(30)21(31)16(22(32)26-7-15-17(24)5-14(23)6-18(15)25)8-28(12)19(9-27(3)10-29)13(2)34-11-33-4/h5-6,8,10,13,19,30H,7,9,11H2,1-4H3,(H,26,32). The third kappa shape index (κ3) is 6.14. The van der Waals surface area contributed by atoms with Crippen molar-refractivity contribution in [2.75, 3.05) is 27.5 Å². The first-order chi connectivity index (χ1) is 16.0. The van der Waals surface area contributed by atoms with E-state index < -0.39 is 64.4 Å². The van der Waals surface area contributed by atoms with E-state index in [9.17, 15) is 32.7 Å². The molecule has 0 spiro atoms. The molecule has 0 aliphatic heterocycles. The molecule has 0 saturated carbocycles. The minimum absolute atomic E-state index is 0.0736. The number of nitrogens with one attached hydrogen (secondary N) is 1. The molecule has 2 unspecified atom stereocenters. The van der Waals surface area contributed by atoms with Crippen molar-refractivity contribution in [2.45, 2.75) is 32.5 Å². The van der Waals surface area contributed by atoms with E-state index in [1.165, 1.54) is 36.7 Å². The topological polar surface area (TPSA) is 110 Å². The summed E-state index contributed by atoms with van der Waals surface area (Å²) in [7, 11) is 2.94. The summed E-state index contributed by atoms with van der Waals surface area (Å²) in [5, 5.41) is 12.6. The van der Waals surface area contributed by atoms with Gasteiger partial charge in [0.1, 0.15) is 29.8 Å². The molecule has 0 saturated heterocycles. The van der Waals surface area contributed by atoms with E-state index in [1.54, 1.807) is 6.92 Å². The number of benzene rings is 1. The van der Waals surface area contributed by atoms with Crippen molar-refractivity contribution in [3.05, 3.63) is 62.8 Å². The van der Waals surface area contributed by atoms with E-state index in [0.717, 1.165) is 0 Å². The van der Waals surface area contributed by atoms with Gasteiger partial charge in [-0.05, 0) is 13.8 Å². The Bertz CT molecular complexity index is 1090. The molecular formula is C22H26F3N3O6. The molecule has 0 fully saturated rings. The Morgan fingerprint density at radius 2 is 1.91 bits per heavy atom. The van der Waals surface area contributed by atoms with Crippen LogP contribution in [0.25, 0.3) is 0 Å². The van der Waals surface area contributed by atoms with Crippen LogP contribution in [0.15, 0.2) is 23.1 Å². The molecule has 186 valence electrons. The average Bonchev–Trinajstić information content (AvgIpc) is 2.78. The van der Waals surface area contributed by atoms with Crippen LogP contribution in [-0.2, 0) is 20.8 Å². The maximum atomic E-state index is 13.9. The molecule has 0 radical (unpaired) electrons. The van der Waals surface area contributed by atoms with Gasteiger partial charge in [0.05, 0.1) is 17.8 Å². The number of amides is 2. The summed E-state index contributed by atoms with van der Waals surface area (Å²) in [4.78, 5) is 37.8. The van der Waals surface area contributed by atoms with Gasteiger partial charge in [0, 0.05) is 51.1 Å². The molecule has 0 aliphatic carbocycles. The van der Waals surface area contributed by atoms with E-state index in [-0.39, 0.29) is 19.0 Å². The highest BCUT2D eigenvalue weighted by Gasteiger charge is 2.27. The summed E-state index contributed by atoms with van der Waals surface area (Å²) in [5.41, 5.74) is -2.00. The average molecular weight is 485 g/mol. The van der Waals surface area contributed by atoms with Crippen molar-refractivity contribution in [3.63, 3.8) is 0 Å². The van der Waals surface area contributed by atoms with Crippen LogP contribution in [0.3, 0.4) is 0 Å². The highest BCUT2D eigenvalue weighted by Crippen LogP contribution is 2.23. The molecular weight excluding hydrogens is 459 g/mol. The number of ether oxygens (including phenoxy) is 2. The SMILES string of the molecule is COCOC(C)C(CN(C)C=O)n1cc(C(=O)NCc2c(F)cc(F)cc2F)c(=O)c(O)c1C. The number of hydrogen-bond acceptors (Lipinski definition) is 6. The van der Waals surface area contributed by atoms with E-state index in [0.29, 0.717) is 18.5 Å². The van der Waals surface area contributed by atoms with Gasteiger partial charge >= 0.3 is 0 Å². The van der Waals surface area contributed by atoms with Crippen molar-refractivity contribution in [2.24, 2.45) is 0 Å². The maximum absolute atomic E-state index is 13.9. The smallest absolute Gasteiger partial charge is 0.257 e. The van der Waals surface area contributed by atoms with Gasteiger partial charge in [-0.3, -0.25) is 14.4 Å². The molecule has 1 aromatic carbocycles. The maximum Gasteiger partial charge on any atom is 0.257 e. The predicted molar refractivity (Wildman–Crippen MR) is 115 cm³/mol. The lowest BCUT2D eigenvalue weighted by Gasteiger charge is -2.31. The van der Waals surface area contributed by atoms with Crippen LogP contribution in [0.5, 0.6) is 5.75 Å². The van der Waals surface area contributed by atoms with Crippen molar-refractivity contribution in [1.29, 1.82) is 0 Å². The highest BCUT2D eigenvalue weighted by molar-refractivity contribution is 5.94. The summed E-state index contributed by atoms with van der Waals surface area (Å²) < 4.78 is 52.7. The van der Waals surface area contributed by atoms with Crippen LogP contribution in [0, 0.1) is 24.4 Å². The summed E-state index contributed by atoms with van der Waals surface area (Å²) in [6, 6.07) is 0.269. The number of carbonyl (C=O) groups excluding carboxylic acids is 2. The second kappa shape index (κ2) is 11.7. The van der Waals surface area contributed by atoms with Crippen LogP contribution in [0.2, 0.25) is 0 Å². The zero-order valence-electron chi connectivity index (χ0n) is 19.1. The highest BCUT2D eigenvalue weighted by atomic mass is 19.1. The Morgan fingerprint density at radius 3 is 2.47 bits per heavy atom. The quantitative estimate of drug-likeness (QED) is 0.371. The lowest BCUT2D eigenvalue weighted by molar-refractivity contribution is -0.119. The Balaban J connectivity index is 2.44. The fraction of sp³-hybridized carbons (Fsp3) is 0.409. The predicted octanol–water partition coefficient (Wildman–Crippen LogP) is 1.85. The summed E-state index contributed by atoms with van der Waals surface area (Å²) in [5.74, 6) is -5.27. The fourth-order valence-electron chi connectivity index (χ4n) is 3.31. The third-order valence-electron chi connectivity index (χ3n) is 5.24. The van der Waals surface area contributed by atoms with Gasteiger partial charge in [0.25, 0.3) is 5.91 Å². The molecule has 9 nitrogen and oxygen atoms in total. The molecule has 2 rings (SSSR count). The van der Waals surface area contributed by atoms with Crippen molar-refractivity contribution in [3.8, 4) is 5.75 Å². The largest absolute Gasteiger partial charge is 0.503 e. The zero-order chi connectivity index (χ0) is 25.6. The van der Waals surface area contributed by atoms with Crippen molar-refractivity contribution < 1.29 is 37.3 Å². The Morgan fingerprint density at radius 1 is 1.29 bits per heavy atom. The number of aromatic hydroxyl groups is 1. The minimum Gasteiger partial charge on any atom is -0.503 e. The zero-order valence-corrected chi connectivity index (χ0v) is 19.1. The molecule has 2 amide bonds. The Hall–Kier alpha value is -3.38. The Kier molecular flexibility index (Phi) is 9.21. The van der Waals surface area contributed by atoms with Crippen molar-refractivity contribution >= 4 is 12.3 Å². The van der Waals surface area contributed by atoms with Crippen LogP contribution in [0.4, 0.5) is 13.2 Å². The van der Waals surface area contributed by atoms with Gasteiger partial charge in [-0.1, -0.05) is 0 Å². The summed E-state index contributed by atoms with van der Waals surface area (Å²) in [6.07, 6.45) is 1.15. The van der Waals surface area contributed by atoms with Crippen LogP contribution < -0.4 is 10.7 Å². The lowest BCUT2D eigenvalue weighted by atomic mass is 10.1.